The van der Waals surface area contributed by atoms with E-state index in [-0.39, 0.29) is 66.4 Å². The Morgan fingerprint density at radius 3 is 2.56 bits per heavy atom. The first kappa shape index (κ1) is 26.5. The van der Waals surface area contributed by atoms with Crippen molar-refractivity contribution in [3.63, 3.8) is 0 Å². The van der Waals surface area contributed by atoms with Gasteiger partial charge >= 0.3 is 12.1 Å². The number of rotatable bonds is 8. The van der Waals surface area contributed by atoms with Crippen LogP contribution in [0.1, 0.15) is 36.2 Å². The molecule has 41 heavy (non-hydrogen) atoms. The predicted molar refractivity (Wildman–Crippen MR) is 141 cm³/mol. The number of nitrogens with one attached hydrogen (secondary N) is 1. The number of carboxylic acids is 1. The van der Waals surface area contributed by atoms with Crippen LogP contribution in [-0.2, 0) is 9.53 Å². The number of aromatic carboxylic acids is 1. The fraction of sp³-hybridized carbons (Fsp3) is 0.370. The minimum Gasteiger partial charge on any atom is -0.484 e. The van der Waals surface area contributed by atoms with Crippen molar-refractivity contribution in [1.82, 2.24) is 14.9 Å². The molecule has 0 bridgehead atoms. The van der Waals surface area contributed by atoms with Crippen LogP contribution in [0.25, 0.3) is 11.0 Å². The Bertz CT molecular complexity index is 1650. The van der Waals surface area contributed by atoms with E-state index < -0.39 is 46.9 Å². The van der Waals surface area contributed by atoms with Crippen LogP contribution in [-0.4, -0.2) is 71.0 Å². The number of hydrogen-bond acceptors (Lipinski definition) is 8. The zero-order chi connectivity index (χ0) is 29.0. The number of ether oxygens (including phenoxy) is 2. The third kappa shape index (κ3) is 5.00. The molecule has 1 saturated carbocycles. The van der Waals surface area contributed by atoms with Crippen LogP contribution in [0.15, 0.2) is 35.3 Å². The Kier molecular flexibility index (Phi) is 6.47. The van der Waals surface area contributed by atoms with Crippen LogP contribution in [0.3, 0.4) is 0 Å². The van der Waals surface area contributed by atoms with Crippen molar-refractivity contribution in [2.24, 2.45) is 0 Å². The summed E-state index contributed by atoms with van der Waals surface area (Å²) in [6.07, 6.45) is 1.16. The Morgan fingerprint density at radius 1 is 1.15 bits per heavy atom. The van der Waals surface area contributed by atoms with Crippen molar-refractivity contribution < 1.29 is 37.7 Å². The molecule has 14 heteroatoms. The van der Waals surface area contributed by atoms with Gasteiger partial charge in [0, 0.05) is 25.2 Å². The molecule has 3 aromatic rings. The van der Waals surface area contributed by atoms with Crippen molar-refractivity contribution in [1.29, 1.82) is 0 Å². The van der Waals surface area contributed by atoms with Crippen molar-refractivity contribution in [3.8, 4) is 5.75 Å². The number of anilines is 2. The molecular weight excluding hydrogens is 544 g/mol. The van der Waals surface area contributed by atoms with Gasteiger partial charge in [0.2, 0.25) is 11.3 Å². The zero-order valence-corrected chi connectivity index (χ0v) is 21.8. The number of fused-ring (bicyclic) bond motifs is 1. The topological polar surface area (TPSA) is 143 Å². The number of benzene rings is 1. The number of halogens is 2. The minimum atomic E-state index is -1.38. The molecule has 6 rings (SSSR count). The number of carboxylic acid groups (broad SMARTS) is 1. The summed E-state index contributed by atoms with van der Waals surface area (Å²) in [6, 6.07) is 5.07. The van der Waals surface area contributed by atoms with Gasteiger partial charge in [-0.15, -0.1) is 0 Å². The summed E-state index contributed by atoms with van der Waals surface area (Å²) in [7, 11) is 0. The smallest absolute Gasteiger partial charge is 0.414 e. The molecule has 4 heterocycles. The fourth-order valence-corrected chi connectivity index (χ4v) is 4.96. The predicted octanol–water partition coefficient (Wildman–Crippen LogP) is 2.44. The number of carbonyl (C=O) groups excluding carboxylic acids is 2. The molecule has 12 nitrogen and oxygen atoms in total. The van der Waals surface area contributed by atoms with Crippen LogP contribution >= 0.6 is 0 Å². The van der Waals surface area contributed by atoms with Gasteiger partial charge in [0.25, 0.3) is 0 Å². The highest BCUT2D eigenvalue weighted by atomic mass is 19.1. The van der Waals surface area contributed by atoms with E-state index in [4.69, 9.17) is 9.47 Å². The standard InChI is InChI=1S/C27H25F2N5O7/c1-13(35)30-8-16-11-34(27(39)41-16)15-4-5-22(20(28)6-15)40-17-9-32(10-17)25-21(29)7-18-23(36)19(26(37)38)12-33(14-2-3-14)24(18)31-25/h4-7,12,14,16-17H,2-3,8-11H2,1H3,(H,30,35)(H,37,38)/t16-/m0/s1. The minimum absolute atomic E-state index is 0.00796. The highest BCUT2D eigenvalue weighted by Gasteiger charge is 2.35. The highest BCUT2D eigenvalue weighted by molar-refractivity contribution is 5.92. The van der Waals surface area contributed by atoms with Gasteiger partial charge in [0.15, 0.2) is 23.2 Å². The summed E-state index contributed by atoms with van der Waals surface area (Å²) >= 11 is 0. The number of cyclic esters (lactones) is 1. The maximum atomic E-state index is 15.0. The molecule has 2 amide bonds. The Balaban J connectivity index is 1.14. The molecule has 3 fully saturated rings. The van der Waals surface area contributed by atoms with Gasteiger partial charge in [-0.05, 0) is 31.0 Å². The quantitative estimate of drug-likeness (QED) is 0.418. The van der Waals surface area contributed by atoms with E-state index in [1.807, 2.05) is 0 Å². The van der Waals surface area contributed by atoms with Crippen LogP contribution < -0.4 is 25.3 Å². The average molecular weight is 570 g/mol. The van der Waals surface area contributed by atoms with Crippen LogP contribution in [0.5, 0.6) is 5.75 Å². The lowest BCUT2D eigenvalue weighted by Crippen LogP contribution is -2.54. The van der Waals surface area contributed by atoms with Gasteiger partial charge < -0.3 is 29.4 Å². The SMILES string of the molecule is CC(=O)NC[C@H]1CN(c2ccc(OC3CN(c4nc5c(cc4F)c(=O)c(C(=O)O)cn5C4CC4)C3)c(F)c2)C(=O)O1. The molecule has 2 aliphatic heterocycles. The maximum absolute atomic E-state index is 15.0. The third-order valence-corrected chi connectivity index (χ3v) is 7.23. The number of carbonyl (C=O) groups is 3. The lowest BCUT2D eigenvalue weighted by molar-refractivity contribution is -0.119. The number of amides is 2. The molecule has 1 aliphatic carbocycles. The largest absolute Gasteiger partial charge is 0.484 e. The van der Waals surface area contributed by atoms with Gasteiger partial charge in [-0.25, -0.2) is 23.4 Å². The molecule has 3 aliphatic rings. The van der Waals surface area contributed by atoms with E-state index in [0.717, 1.165) is 25.0 Å². The first-order valence-corrected chi connectivity index (χ1v) is 13.0. The van der Waals surface area contributed by atoms with E-state index in [0.29, 0.717) is 0 Å². The van der Waals surface area contributed by atoms with Crippen molar-refractivity contribution in [3.05, 3.63) is 57.9 Å². The van der Waals surface area contributed by atoms with Gasteiger partial charge in [-0.1, -0.05) is 0 Å². The van der Waals surface area contributed by atoms with Crippen molar-refractivity contribution in [2.75, 3.05) is 36.0 Å². The van der Waals surface area contributed by atoms with Gasteiger partial charge in [-0.3, -0.25) is 14.5 Å². The van der Waals surface area contributed by atoms with Crippen LogP contribution in [0, 0.1) is 11.6 Å². The molecule has 1 atom stereocenters. The molecule has 214 valence electrons. The third-order valence-electron chi connectivity index (χ3n) is 7.23. The van der Waals surface area contributed by atoms with E-state index in [1.165, 1.54) is 30.2 Å². The second kappa shape index (κ2) is 10.0. The molecule has 2 N–H and O–H groups in total. The van der Waals surface area contributed by atoms with E-state index >= 15 is 4.39 Å². The Morgan fingerprint density at radius 2 is 1.90 bits per heavy atom. The molecule has 0 radical (unpaired) electrons. The highest BCUT2D eigenvalue weighted by Crippen LogP contribution is 2.37. The van der Waals surface area contributed by atoms with Crippen molar-refractivity contribution >= 4 is 40.5 Å². The summed E-state index contributed by atoms with van der Waals surface area (Å²) in [6.45, 7) is 2.03. The van der Waals surface area contributed by atoms with E-state index in [1.54, 1.807) is 9.47 Å². The first-order valence-electron chi connectivity index (χ1n) is 13.0. The van der Waals surface area contributed by atoms with Gasteiger partial charge in [-0.2, -0.15) is 0 Å². The molecule has 2 aromatic heterocycles. The molecule has 0 unspecified atom stereocenters. The second-order valence-corrected chi connectivity index (χ2v) is 10.3. The summed E-state index contributed by atoms with van der Waals surface area (Å²) in [5.41, 5.74) is -0.743. The number of pyridine rings is 2. The maximum Gasteiger partial charge on any atom is 0.414 e. The monoisotopic (exact) mass is 569 g/mol. The summed E-state index contributed by atoms with van der Waals surface area (Å²) < 4.78 is 42.5. The Labute approximate surface area is 231 Å². The number of hydrogen-bond donors (Lipinski definition) is 2. The van der Waals surface area contributed by atoms with Gasteiger partial charge in [0.05, 0.1) is 37.3 Å². The lowest BCUT2D eigenvalue weighted by atomic mass is 10.1. The molecule has 0 spiro atoms. The lowest BCUT2D eigenvalue weighted by Gasteiger charge is -2.40. The van der Waals surface area contributed by atoms with Crippen LogP contribution in [0.4, 0.5) is 25.1 Å². The zero-order valence-electron chi connectivity index (χ0n) is 21.8. The second-order valence-electron chi connectivity index (χ2n) is 10.3. The summed E-state index contributed by atoms with van der Waals surface area (Å²) in [4.78, 5) is 54.7. The number of aromatic nitrogens is 2. The molecule has 2 saturated heterocycles. The van der Waals surface area contributed by atoms with Crippen LogP contribution in [0.2, 0.25) is 0 Å². The van der Waals surface area contributed by atoms with E-state index in [9.17, 15) is 28.7 Å². The van der Waals surface area contributed by atoms with Crippen molar-refractivity contribution in [2.45, 2.75) is 38.0 Å². The number of nitrogens with zero attached hydrogens (tertiary/aromatic N) is 4. The molecule has 1 aromatic carbocycles. The first-order chi connectivity index (χ1) is 19.6. The van der Waals surface area contributed by atoms with E-state index in [2.05, 4.69) is 10.3 Å². The van der Waals surface area contributed by atoms with Gasteiger partial charge in [0.1, 0.15) is 23.4 Å². The summed E-state index contributed by atoms with van der Waals surface area (Å²) in [5.74, 6) is -3.17. The fourth-order valence-electron chi connectivity index (χ4n) is 4.96. The molecular formula is C27H25F2N5O7. The summed E-state index contributed by atoms with van der Waals surface area (Å²) in [5, 5.41) is 11.9. The normalized spacial score (nSPS) is 18.8. The average Bonchev–Trinajstić information content (AvgIpc) is 3.67. The Hall–Kier alpha value is -4.75.